The van der Waals surface area contributed by atoms with E-state index < -0.39 is 23.5 Å². The predicted molar refractivity (Wildman–Crippen MR) is 87.1 cm³/mol. The number of carbonyl (C=O) groups is 2. The van der Waals surface area contributed by atoms with Crippen LogP contribution in [0.15, 0.2) is 42.9 Å². The number of amides is 1. The number of carboxylic acid groups (broad SMARTS) is 1. The van der Waals surface area contributed by atoms with Gasteiger partial charge in [0.05, 0.1) is 18.3 Å². The van der Waals surface area contributed by atoms with Crippen molar-refractivity contribution in [1.82, 2.24) is 15.3 Å². The van der Waals surface area contributed by atoms with Gasteiger partial charge in [-0.1, -0.05) is 37.3 Å². The van der Waals surface area contributed by atoms with Gasteiger partial charge in [-0.05, 0) is 12.0 Å². The normalized spacial score (nSPS) is 14.6. The molecule has 0 saturated heterocycles. The standard InChI is InChI=1S/C17H21N3O4/c1-2-17(24,12-6-4-3-5-7-12)9-15(21)20-14(16(22)23)8-13-10-18-11-19-13/h3-7,10-11,14,24H,2,8-9H2,1H3,(H,18,19)(H,20,21)(H,22,23)/t14-,17?/m1/s1. The minimum absolute atomic E-state index is 0.0942. The van der Waals surface area contributed by atoms with E-state index in [1.807, 2.05) is 6.07 Å². The number of nitrogens with one attached hydrogen (secondary N) is 2. The highest BCUT2D eigenvalue weighted by Crippen LogP contribution is 2.28. The Bertz CT molecular complexity index is 672. The van der Waals surface area contributed by atoms with E-state index in [-0.39, 0.29) is 12.8 Å². The summed E-state index contributed by atoms with van der Waals surface area (Å²) in [5.74, 6) is -1.66. The van der Waals surface area contributed by atoms with E-state index in [1.165, 1.54) is 12.5 Å². The second-order valence-corrected chi connectivity index (χ2v) is 5.67. The van der Waals surface area contributed by atoms with Crippen LogP contribution in [0, 0.1) is 0 Å². The number of H-pyrrole nitrogens is 1. The lowest BCUT2D eigenvalue weighted by Crippen LogP contribution is -2.45. The molecule has 1 aromatic heterocycles. The first kappa shape index (κ1) is 17.7. The molecule has 1 heterocycles. The van der Waals surface area contributed by atoms with Crippen molar-refractivity contribution in [3.05, 3.63) is 54.1 Å². The van der Waals surface area contributed by atoms with Crippen molar-refractivity contribution in [2.24, 2.45) is 0 Å². The molecular weight excluding hydrogens is 310 g/mol. The summed E-state index contributed by atoms with van der Waals surface area (Å²) >= 11 is 0. The van der Waals surface area contributed by atoms with Crippen molar-refractivity contribution in [2.75, 3.05) is 0 Å². The number of rotatable bonds is 8. The molecule has 2 aromatic rings. The lowest BCUT2D eigenvalue weighted by molar-refractivity contribution is -0.142. The maximum Gasteiger partial charge on any atom is 0.326 e. The van der Waals surface area contributed by atoms with Gasteiger partial charge >= 0.3 is 5.97 Å². The molecule has 0 aliphatic carbocycles. The Kier molecular flexibility index (Phi) is 5.70. The molecule has 1 amide bonds. The molecule has 0 aliphatic heterocycles. The van der Waals surface area contributed by atoms with E-state index in [4.69, 9.17) is 0 Å². The number of aromatic amines is 1. The zero-order valence-corrected chi connectivity index (χ0v) is 13.4. The molecule has 7 heteroatoms. The number of aliphatic carboxylic acids is 1. The van der Waals surface area contributed by atoms with Crippen LogP contribution in [0.4, 0.5) is 0 Å². The molecule has 0 aliphatic rings. The summed E-state index contributed by atoms with van der Waals surface area (Å²) in [4.78, 5) is 30.3. The van der Waals surface area contributed by atoms with Gasteiger partial charge in [0.2, 0.25) is 5.91 Å². The van der Waals surface area contributed by atoms with Crippen LogP contribution in [-0.4, -0.2) is 38.1 Å². The van der Waals surface area contributed by atoms with E-state index in [1.54, 1.807) is 31.2 Å². The van der Waals surface area contributed by atoms with Gasteiger partial charge in [-0.15, -0.1) is 0 Å². The molecule has 0 saturated carbocycles. The van der Waals surface area contributed by atoms with Gasteiger partial charge in [0, 0.05) is 18.3 Å². The number of hydrogen-bond donors (Lipinski definition) is 4. The number of carboxylic acids is 1. The Morgan fingerprint density at radius 1 is 1.33 bits per heavy atom. The topological polar surface area (TPSA) is 115 Å². The van der Waals surface area contributed by atoms with E-state index in [9.17, 15) is 19.8 Å². The van der Waals surface area contributed by atoms with E-state index in [0.29, 0.717) is 17.7 Å². The van der Waals surface area contributed by atoms with Gasteiger partial charge in [-0.3, -0.25) is 4.79 Å². The van der Waals surface area contributed by atoms with Crippen LogP contribution in [0.5, 0.6) is 0 Å². The van der Waals surface area contributed by atoms with Crippen molar-refractivity contribution < 1.29 is 19.8 Å². The molecule has 0 spiro atoms. The quantitative estimate of drug-likeness (QED) is 0.580. The van der Waals surface area contributed by atoms with Crippen molar-refractivity contribution in [2.45, 2.75) is 37.8 Å². The first-order chi connectivity index (χ1) is 11.4. The van der Waals surface area contributed by atoms with Gasteiger partial charge in [0.15, 0.2) is 0 Å². The molecule has 1 unspecified atom stereocenters. The highest BCUT2D eigenvalue weighted by molar-refractivity contribution is 5.84. The Hall–Kier alpha value is -2.67. The second-order valence-electron chi connectivity index (χ2n) is 5.67. The molecule has 0 bridgehead atoms. The number of carbonyl (C=O) groups excluding carboxylic acids is 1. The smallest absolute Gasteiger partial charge is 0.326 e. The van der Waals surface area contributed by atoms with Crippen molar-refractivity contribution in [3.63, 3.8) is 0 Å². The molecule has 128 valence electrons. The third kappa shape index (κ3) is 4.42. The summed E-state index contributed by atoms with van der Waals surface area (Å²) < 4.78 is 0. The summed E-state index contributed by atoms with van der Waals surface area (Å²) in [6.07, 6.45) is 3.18. The molecular formula is C17H21N3O4. The Labute approximate surface area is 139 Å². The van der Waals surface area contributed by atoms with Crippen LogP contribution in [0.3, 0.4) is 0 Å². The van der Waals surface area contributed by atoms with Gasteiger partial charge < -0.3 is 20.5 Å². The lowest BCUT2D eigenvalue weighted by Gasteiger charge is -2.27. The van der Waals surface area contributed by atoms with Crippen LogP contribution >= 0.6 is 0 Å². The zero-order valence-electron chi connectivity index (χ0n) is 13.4. The summed E-state index contributed by atoms with van der Waals surface area (Å²) in [5.41, 5.74) is -0.0952. The third-order valence-electron chi connectivity index (χ3n) is 3.96. The fourth-order valence-corrected chi connectivity index (χ4v) is 2.51. The second kappa shape index (κ2) is 7.74. The molecule has 2 atom stereocenters. The van der Waals surface area contributed by atoms with Crippen LogP contribution in [0.2, 0.25) is 0 Å². The number of nitrogens with zero attached hydrogens (tertiary/aromatic N) is 1. The molecule has 1 aromatic carbocycles. The first-order valence-corrected chi connectivity index (χ1v) is 7.72. The summed E-state index contributed by atoms with van der Waals surface area (Å²) in [5, 5.41) is 22.5. The minimum atomic E-state index is -1.33. The molecule has 7 nitrogen and oxygen atoms in total. The minimum Gasteiger partial charge on any atom is -0.480 e. The molecule has 0 fully saturated rings. The largest absolute Gasteiger partial charge is 0.480 e. The Morgan fingerprint density at radius 2 is 2.04 bits per heavy atom. The number of benzene rings is 1. The van der Waals surface area contributed by atoms with Crippen molar-refractivity contribution >= 4 is 11.9 Å². The first-order valence-electron chi connectivity index (χ1n) is 7.72. The van der Waals surface area contributed by atoms with Gasteiger partial charge in [-0.2, -0.15) is 0 Å². The average molecular weight is 331 g/mol. The van der Waals surface area contributed by atoms with E-state index >= 15 is 0 Å². The Balaban J connectivity index is 2.05. The fraction of sp³-hybridized carbons (Fsp3) is 0.353. The third-order valence-corrected chi connectivity index (χ3v) is 3.96. The lowest BCUT2D eigenvalue weighted by atomic mass is 9.87. The maximum atomic E-state index is 12.3. The highest BCUT2D eigenvalue weighted by Gasteiger charge is 2.32. The molecule has 0 radical (unpaired) electrons. The molecule has 4 N–H and O–H groups in total. The van der Waals surface area contributed by atoms with Crippen molar-refractivity contribution in [1.29, 1.82) is 0 Å². The monoisotopic (exact) mass is 331 g/mol. The Morgan fingerprint density at radius 3 is 2.58 bits per heavy atom. The zero-order chi connectivity index (χ0) is 17.6. The predicted octanol–water partition coefficient (Wildman–Crippen LogP) is 1.21. The SMILES string of the molecule is CCC(O)(CC(=O)N[C@H](Cc1cnc[nH]1)C(=O)O)c1ccccc1. The van der Waals surface area contributed by atoms with Gasteiger partial charge in [0.25, 0.3) is 0 Å². The molecule has 2 rings (SSSR count). The van der Waals surface area contributed by atoms with Gasteiger partial charge in [-0.25, -0.2) is 9.78 Å². The van der Waals surface area contributed by atoms with Crippen LogP contribution in [0.25, 0.3) is 0 Å². The van der Waals surface area contributed by atoms with Gasteiger partial charge in [0.1, 0.15) is 6.04 Å². The maximum absolute atomic E-state index is 12.3. The number of hydrogen-bond acceptors (Lipinski definition) is 4. The van der Waals surface area contributed by atoms with E-state index in [2.05, 4.69) is 15.3 Å². The average Bonchev–Trinajstić information content (AvgIpc) is 3.08. The number of imidazole rings is 1. The van der Waals surface area contributed by atoms with Crippen molar-refractivity contribution in [3.8, 4) is 0 Å². The fourth-order valence-electron chi connectivity index (χ4n) is 2.51. The highest BCUT2D eigenvalue weighted by atomic mass is 16.4. The summed E-state index contributed by atoms with van der Waals surface area (Å²) in [6, 6.07) is 7.80. The van der Waals surface area contributed by atoms with E-state index in [0.717, 1.165) is 0 Å². The van der Waals surface area contributed by atoms with Crippen LogP contribution in [-0.2, 0) is 21.6 Å². The number of aliphatic hydroxyl groups is 1. The number of aromatic nitrogens is 2. The molecule has 24 heavy (non-hydrogen) atoms. The summed E-state index contributed by atoms with van der Waals surface area (Å²) in [6.45, 7) is 1.78. The van der Waals surface area contributed by atoms with Crippen LogP contribution < -0.4 is 5.32 Å². The summed E-state index contributed by atoms with van der Waals surface area (Å²) in [7, 11) is 0. The van der Waals surface area contributed by atoms with Crippen LogP contribution in [0.1, 0.15) is 31.0 Å².